The van der Waals surface area contributed by atoms with Crippen molar-refractivity contribution in [3.05, 3.63) is 47.5 Å². The van der Waals surface area contributed by atoms with Gasteiger partial charge in [-0.3, -0.25) is 9.58 Å². The Morgan fingerprint density at radius 2 is 1.81 bits per heavy atom. The molecule has 31 heavy (non-hydrogen) atoms. The highest BCUT2D eigenvalue weighted by Gasteiger charge is 2.21. The fraction of sp³-hybridized carbons (Fsp3) is 0.409. The topological polar surface area (TPSA) is 42.8 Å². The summed E-state index contributed by atoms with van der Waals surface area (Å²) in [6, 6.07) is 10.3. The van der Waals surface area contributed by atoms with E-state index in [4.69, 9.17) is 9.47 Å². The van der Waals surface area contributed by atoms with E-state index in [9.17, 15) is 0 Å². The van der Waals surface area contributed by atoms with Crippen LogP contribution in [0.1, 0.15) is 5.56 Å². The third kappa shape index (κ3) is 5.66. The number of aromatic nitrogens is 2. The van der Waals surface area contributed by atoms with Crippen molar-refractivity contribution in [1.82, 2.24) is 14.7 Å². The van der Waals surface area contributed by atoms with E-state index in [2.05, 4.69) is 38.5 Å². The molecule has 0 radical (unpaired) electrons. The standard InChI is InChI=1S/C22H28N4O2S.2ClH/c1-24-22(21-5-4-14-29-21)17(16-23-24)8-9-25-10-12-26(13-11-25)19-7-6-18(27-2)15-20(19)28-3;;/h4-7,14-16H,8-13H2,1-3H3;2*1H. The van der Waals surface area contributed by atoms with E-state index >= 15 is 0 Å². The first-order valence-electron chi connectivity index (χ1n) is 9.93. The number of rotatable bonds is 7. The number of anilines is 1. The van der Waals surface area contributed by atoms with Gasteiger partial charge in [0.15, 0.2) is 0 Å². The largest absolute Gasteiger partial charge is 0.497 e. The molecule has 0 unspecified atom stereocenters. The van der Waals surface area contributed by atoms with Gasteiger partial charge >= 0.3 is 0 Å². The van der Waals surface area contributed by atoms with Gasteiger partial charge in [-0.2, -0.15) is 5.10 Å². The minimum atomic E-state index is 0. The number of hydrogen-bond acceptors (Lipinski definition) is 6. The molecule has 0 atom stereocenters. The van der Waals surface area contributed by atoms with Crippen molar-refractivity contribution in [2.75, 3.05) is 51.8 Å². The molecule has 1 saturated heterocycles. The number of halogens is 2. The molecule has 1 aromatic carbocycles. The van der Waals surface area contributed by atoms with Crippen LogP contribution in [0, 0.1) is 0 Å². The molecule has 1 aliphatic rings. The predicted octanol–water partition coefficient (Wildman–Crippen LogP) is 4.37. The average molecular weight is 485 g/mol. The van der Waals surface area contributed by atoms with Gasteiger partial charge in [0, 0.05) is 51.4 Å². The Morgan fingerprint density at radius 1 is 1.03 bits per heavy atom. The van der Waals surface area contributed by atoms with E-state index < -0.39 is 0 Å². The minimum Gasteiger partial charge on any atom is -0.497 e. The first kappa shape index (κ1) is 25.3. The molecule has 6 nitrogen and oxygen atoms in total. The molecule has 3 aromatic rings. The molecule has 0 spiro atoms. The number of piperazine rings is 1. The highest BCUT2D eigenvalue weighted by Crippen LogP contribution is 2.33. The number of benzene rings is 1. The second kappa shape index (κ2) is 11.6. The van der Waals surface area contributed by atoms with Crippen LogP contribution >= 0.6 is 36.2 Å². The molecule has 0 saturated carbocycles. The maximum atomic E-state index is 5.58. The van der Waals surface area contributed by atoms with Gasteiger partial charge in [0.1, 0.15) is 11.5 Å². The van der Waals surface area contributed by atoms with Gasteiger partial charge in [0.05, 0.1) is 36.7 Å². The lowest BCUT2D eigenvalue weighted by Crippen LogP contribution is -2.47. The SMILES string of the molecule is COc1ccc(N2CCN(CCc3cnn(C)c3-c3cccs3)CC2)c(OC)c1.Cl.Cl. The van der Waals surface area contributed by atoms with Gasteiger partial charge < -0.3 is 14.4 Å². The molecule has 4 rings (SSSR count). The number of nitrogens with zero attached hydrogens (tertiary/aromatic N) is 4. The lowest BCUT2D eigenvalue weighted by atomic mass is 10.1. The molecule has 2 aromatic heterocycles. The summed E-state index contributed by atoms with van der Waals surface area (Å²) in [5, 5.41) is 6.62. The summed E-state index contributed by atoms with van der Waals surface area (Å²) in [5.74, 6) is 1.69. The molecule has 1 fully saturated rings. The third-order valence-electron chi connectivity index (χ3n) is 5.57. The molecule has 0 bridgehead atoms. The Labute approximate surface area is 200 Å². The summed E-state index contributed by atoms with van der Waals surface area (Å²) in [7, 11) is 5.42. The van der Waals surface area contributed by atoms with E-state index in [0.29, 0.717) is 0 Å². The van der Waals surface area contributed by atoms with E-state index in [1.165, 1.54) is 16.1 Å². The van der Waals surface area contributed by atoms with Crippen molar-refractivity contribution in [2.24, 2.45) is 7.05 Å². The van der Waals surface area contributed by atoms with Gasteiger partial charge in [-0.15, -0.1) is 36.2 Å². The second-order valence-corrected chi connectivity index (χ2v) is 8.18. The van der Waals surface area contributed by atoms with Gasteiger partial charge in [-0.25, -0.2) is 0 Å². The van der Waals surface area contributed by atoms with E-state index in [0.717, 1.165) is 56.3 Å². The van der Waals surface area contributed by atoms with Crippen LogP contribution in [-0.4, -0.2) is 61.6 Å². The van der Waals surface area contributed by atoms with Crippen LogP contribution in [0.3, 0.4) is 0 Å². The lowest BCUT2D eigenvalue weighted by Gasteiger charge is -2.36. The Hall–Kier alpha value is -1.93. The summed E-state index contributed by atoms with van der Waals surface area (Å²) in [6.07, 6.45) is 3.04. The second-order valence-electron chi connectivity index (χ2n) is 7.24. The molecule has 9 heteroatoms. The van der Waals surface area contributed by atoms with Crippen LogP contribution < -0.4 is 14.4 Å². The van der Waals surface area contributed by atoms with Crippen molar-refractivity contribution in [3.63, 3.8) is 0 Å². The van der Waals surface area contributed by atoms with E-state index in [1.807, 2.05) is 30.1 Å². The van der Waals surface area contributed by atoms with Crippen LogP contribution in [0.4, 0.5) is 5.69 Å². The number of thiophene rings is 1. The molecule has 0 N–H and O–H groups in total. The molecule has 1 aliphatic heterocycles. The van der Waals surface area contributed by atoms with Crippen LogP contribution in [0.2, 0.25) is 0 Å². The molecular formula is C22H30Cl2N4O2S. The normalized spacial score (nSPS) is 14.0. The first-order valence-corrected chi connectivity index (χ1v) is 10.8. The van der Waals surface area contributed by atoms with Gasteiger partial charge in [0.2, 0.25) is 0 Å². The van der Waals surface area contributed by atoms with Crippen molar-refractivity contribution >= 4 is 41.8 Å². The molecule has 0 amide bonds. The van der Waals surface area contributed by atoms with Crippen LogP contribution in [0.5, 0.6) is 11.5 Å². The maximum Gasteiger partial charge on any atom is 0.145 e. The fourth-order valence-corrected chi connectivity index (χ4v) is 4.77. The lowest BCUT2D eigenvalue weighted by molar-refractivity contribution is 0.260. The Bertz CT molecular complexity index is 941. The maximum absolute atomic E-state index is 5.58. The Kier molecular flexibility index (Phi) is 9.50. The summed E-state index contributed by atoms with van der Waals surface area (Å²) in [5.41, 5.74) is 3.72. The zero-order valence-corrected chi connectivity index (χ0v) is 20.6. The number of aryl methyl sites for hydroxylation is 1. The van der Waals surface area contributed by atoms with Crippen LogP contribution in [-0.2, 0) is 13.5 Å². The predicted molar refractivity (Wildman–Crippen MR) is 133 cm³/mol. The summed E-state index contributed by atoms with van der Waals surface area (Å²) in [6.45, 7) is 5.13. The van der Waals surface area contributed by atoms with Gasteiger partial charge in [-0.05, 0) is 30.0 Å². The van der Waals surface area contributed by atoms with Crippen LogP contribution in [0.15, 0.2) is 41.9 Å². The molecule has 0 aliphatic carbocycles. The first-order chi connectivity index (χ1) is 14.2. The Morgan fingerprint density at radius 3 is 2.45 bits per heavy atom. The smallest absolute Gasteiger partial charge is 0.145 e. The monoisotopic (exact) mass is 484 g/mol. The van der Waals surface area contributed by atoms with Crippen molar-refractivity contribution in [2.45, 2.75) is 6.42 Å². The molecule has 3 heterocycles. The van der Waals surface area contributed by atoms with E-state index in [-0.39, 0.29) is 24.8 Å². The molecule has 170 valence electrons. The van der Waals surface area contributed by atoms with Crippen LogP contribution in [0.25, 0.3) is 10.6 Å². The fourth-order valence-electron chi connectivity index (χ4n) is 3.93. The van der Waals surface area contributed by atoms with E-state index in [1.54, 1.807) is 25.6 Å². The van der Waals surface area contributed by atoms with Crippen molar-refractivity contribution in [3.8, 4) is 22.1 Å². The quantitative estimate of drug-likeness (QED) is 0.497. The highest BCUT2D eigenvalue weighted by atomic mass is 35.5. The summed E-state index contributed by atoms with van der Waals surface area (Å²) >= 11 is 1.77. The highest BCUT2D eigenvalue weighted by molar-refractivity contribution is 7.13. The number of hydrogen-bond donors (Lipinski definition) is 0. The Balaban J connectivity index is 0.00000171. The third-order valence-corrected chi connectivity index (χ3v) is 6.44. The zero-order valence-electron chi connectivity index (χ0n) is 18.1. The number of methoxy groups -OCH3 is 2. The van der Waals surface area contributed by atoms with Gasteiger partial charge in [-0.1, -0.05) is 6.07 Å². The summed E-state index contributed by atoms with van der Waals surface area (Å²) in [4.78, 5) is 6.23. The van der Waals surface area contributed by atoms with Crippen molar-refractivity contribution < 1.29 is 9.47 Å². The van der Waals surface area contributed by atoms with Crippen molar-refractivity contribution in [1.29, 1.82) is 0 Å². The zero-order chi connectivity index (χ0) is 20.2. The average Bonchev–Trinajstić information content (AvgIpc) is 3.41. The van der Waals surface area contributed by atoms with Gasteiger partial charge in [0.25, 0.3) is 0 Å². The number of ether oxygens (including phenoxy) is 2. The minimum absolute atomic E-state index is 0. The molecular weight excluding hydrogens is 455 g/mol. The summed E-state index contributed by atoms with van der Waals surface area (Å²) < 4.78 is 12.9.